The molecule has 1 saturated heterocycles. The van der Waals surface area contributed by atoms with E-state index in [1.54, 1.807) is 18.9 Å². The summed E-state index contributed by atoms with van der Waals surface area (Å²) < 4.78 is 5.07. The van der Waals surface area contributed by atoms with E-state index < -0.39 is 0 Å². The molecule has 1 aliphatic heterocycles. The van der Waals surface area contributed by atoms with Crippen molar-refractivity contribution in [3.05, 3.63) is 34.9 Å². The molecule has 0 unspecified atom stereocenters. The molecule has 0 spiro atoms. The smallest absolute Gasteiger partial charge is 0.309 e. The monoisotopic (exact) mass is 400 g/mol. The van der Waals surface area contributed by atoms with Crippen LogP contribution in [0.3, 0.4) is 0 Å². The number of likely N-dealkylation sites (tertiary alicyclic amines) is 1. The van der Waals surface area contributed by atoms with Crippen LogP contribution in [0, 0.1) is 5.92 Å². The van der Waals surface area contributed by atoms with E-state index in [-0.39, 0.29) is 30.2 Å². The van der Waals surface area contributed by atoms with E-state index in [1.165, 1.54) is 28.9 Å². The molecular weight excluding hydrogens is 368 g/mol. The minimum atomic E-state index is -0.169. The highest BCUT2D eigenvalue weighted by molar-refractivity contribution is 5.86. The summed E-state index contributed by atoms with van der Waals surface area (Å²) in [5.41, 5.74) is 3.79. The summed E-state index contributed by atoms with van der Waals surface area (Å²) in [6.45, 7) is 3.33. The van der Waals surface area contributed by atoms with Gasteiger partial charge in [0, 0.05) is 20.1 Å². The molecular formula is C23H32N2O4. The third-order valence-electron chi connectivity index (χ3n) is 6.03. The number of carbonyl (C=O) groups excluding carboxylic acids is 3. The van der Waals surface area contributed by atoms with Gasteiger partial charge in [0.05, 0.1) is 25.5 Å². The van der Waals surface area contributed by atoms with Gasteiger partial charge in [-0.2, -0.15) is 0 Å². The molecule has 6 heteroatoms. The van der Waals surface area contributed by atoms with Crippen LogP contribution >= 0.6 is 0 Å². The van der Waals surface area contributed by atoms with Crippen LogP contribution in [0.5, 0.6) is 0 Å². The number of hydrogen-bond donors (Lipinski definition) is 0. The van der Waals surface area contributed by atoms with Crippen LogP contribution in [0.25, 0.3) is 0 Å². The molecule has 1 heterocycles. The molecule has 1 aromatic rings. The fraction of sp³-hybridized carbons (Fsp3) is 0.609. The van der Waals surface area contributed by atoms with Crippen LogP contribution in [-0.2, 0) is 38.4 Å². The van der Waals surface area contributed by atoms with Gasteiger partial charge in [-0.1, -0.05) is 18.2 Å². The Kier molecular flexibility index (Phi) is 7.29. The number of carbonyl (C=O) groups is 3. The van der Waals surface area contributed by atoms with Crippen molar-refractivity contribution in [2.45, 2.75) is 51.9 Å². The van der Waals surface area contributed by atoms with Gasteiger partial charge >= 0.3 is 5.97 Å². The maximum absolute atomic E-state index is 12.6. The largest absolute Gasteiger partial charge is 0.466 e. The fourth-order valence-corrected chi connectivity index (χ4v) is 4.22. The molecule has 0 bridgehead atoms. The van der Waals surface area contributed by atoms with E-state index in [9.17, 15) is 14.4 Å². The van der Waals surface area contributed by atoms with Gasteiger partial charge in [0.15, 0.2) is 0 Å². The molecule has 3 rings (SSSR count). The fourth-order valence-electron chi connectivity index (χ4n) is 4.22. The predicted molar refractivity (Wildman–Crippen MR) is 110 cm³/mol. The van der Waals surface area contributed by atoms with E-state index >= 15 is 0 Å². The van der Waals surface area contributed by atoms with Crippen molar-refractivity contribution in [3.63, 3.8) is 0 Å². The molecule has 29 heavy (non-hydrogen) atoms. The van der Waals surface area contributed by atoms with Crippen molar-refractivity contribution in [3.8, 4) is 0 Å². The molecule has 2 amide bonds. The summed E-state index contributed by atoms with van der Waals surface area (Å²) in [4.78, 5) is 40.3. The first-order valence-corrected chi connectivity index (χ1v) is 10.8. The normalized spacial score (nSPS) is 16.8. The number of nitrogens with zero attached hydrogens (tertiary/aromatic N) is 2. The van der Waals surface area contributed by atoms with Crippen LogP contribution < -0.4 is 0 Å². The quantitative estimate of drug-likeness (QED) is 0.688. The van der Waals surface area contributed by atoms with Crippen molar-refractivity contribution in [2.75, 3.05) is 33.3 Å². The molecule has 1 fully saturated rings. The first kappa shape index (κ1) is 21.3. The minimum Gasteiger partial charge on any atom is -0.466 e. The molecule has 1 aromatic carbocycles. The van der Waals surface area contributed by atoms with Gasteiger partial charge in [-0.15, -0.1) is 0 Å². The highest BCUT2D eigenvalue weighted by Gasteiger charge is 2.29. The van der Waals surface area contributed by atoms with Crippen molar-refractivity contribution >= 4 is 17.8 Å². The lowest BCUT2D eigenvalue weighted by molar-refractivity contribution is -0.151. The number of ether oxygens (including phenoxy) is 1. The second kappa shape index (κ2) is 9.90. The molecule has 2 aliphatic rings. The number of amides is 2. The number of likely N-dealkylation sites (N-methyl/N-ethyl adjacent to an activating group) is 1. The lowest BCUT2D eigenvalue weighted by Crippen LogP contribution is -2.45. The number of rotatable bonds is 6. The van der Waals surface area contributed by atoms with Gasteiger partial charge in [0.2, 0.25) is 11.8 Å². The van der Waals surface area contributed by atoms with Crippen LogP contribution in [0.4, 0.5) is 0 Å². The summed E-state index contributed by atoms with van der Waals surface area (Å²) in [5, 5.41) is 0. The summed E-state index contributed by atoms with van der Waals surface area (Å²) in [6, 6.07) is 6.34. The van der Waals surface area contributed by atoms with E-state index in [0.717, 1.165) is 18.4 Å². The zero-order chi connectivity index (χ0) is 20.8. The predicted octanol–water partition coefficient (Wildman–Crippen LogP) is 2.37. The Morgan fingerprint density at radius 1 is 1.10 bits per heavy atom. The second-order valence-electron chi connectivity index (χ2n) is 8.14. The number of hydrogen-bond acceptors (Lipinski definition) is 4. The molecule has 0 N–H and O–H groups in total. The Labute approximate surface area is 173 Å². The summed E-state index contributed by atoms with van der Waals surface area (Å²) in [6.07, 6.45) is 6.24. The van der Waals surface area contributed by atoms with Crippen molar-refractivity contribution in [1.82, 2.24) is 9.80 Å². The van der Waals surface area contributed by atoms with Crippen molar-refractivity contribution in [2.24, 2.45) is 5.92 Å². The van der Waals surface area contributed by atoms with Crippen LogP contribution in [0.1, 0.15) is 49.3 Å². The number of aryl methyl sites for hydroxylation is 2. The van der Waals surface area contributed by atoms with Crippen LogP contribution in [0.15, 0.2) is 18.2 Å². The van der Waals surface area contributed by atoms with Gasteiger partial charge < -0.3 is 14.5 Å². The Bertz CT molecular complexity index is 753. The highest BCUT2D eigenvalue weighted by atomic mass is 16.5. The van der Waals surface area contributed by atoms with Gasteiger partial charge in [0.25, 0.3) is 0 Å². The van der Waals surface area contributed by atoms with Gasteiger partial charge in [-0.25, -0.2) is 0 Å². The average molecular weight is 401 g/mol. The Morgan fingerprint density at radius 3 is 2.48 bits per heavy atom. The lowest BCUT2D eigenvalue weighted by atomic mass is 9.90. The topological polar surface area (TPSA) is 66.9 Å². The zero-order valence-electron chi connectivity index (χ0n) is 17.6. The molecule has 0 atom stereocenters. The maximum Gasteiger partial charge on any atom is 0.309 e. The van der Waals surface area contributed by atoms with E-state index in [0.29, 0.717) is 39.0 Å². The number of fused-ring (bicyclic) bond motifs is 1. The van der Waals surface area contributed by atoms with Gasteiger partial charge in [-0.3, -0.25) is 14.4 Å². The van der Waals surface area contributed by atoms with Gasteiger partial charge in [-0.05, 0) is 62.1 Å². The molecule has 1 aliphatic carbocycles. The van der Waals surface area contributed by atoms with E-state index in [1.807, 2.05) is 6.07 Å². The molecule has 0 saturated carbocycles. The standard InChI is InChI=1S/C23H32N2O4/c1-3-29-23(28)19-10-12-25(13-11-19)22(27)16-24(2)21(26)15-17-8-9-18-6-4-5-7-20(18)14-17/h8-9,14,19H,3-7,10-13,15-16H2,1-2H3. The second-order valence-corrected chi connectivity index (χ2v) is 8.14. The Hall–Kier alpha value is -2.37. The number of benzene rings is 1. The van der Waals surface area contributed by atoms with E-state index in [2.05, 4.69) is 12.1 Å². The molecule has 0 radical (unpaired) electrons. The summed E-state index contributed by atoms with van der Waals surface area (Å²) >= 11 is 0. The first-order valence-electron chi connectivity index (χ1n) is 10.8. The van der Waals surface area contributed by atoms with Gasteiger partial charge in [0.1, 0.15) is 0 Å². The lowest BCUT2D eigenvalue weighted by Gasteiger charge is -2.32. The SMILES string of the molecule is CCOC(=O)C1CCN(C(=O)CN(C)C(=O)Cc2ccc3c(c2)CCCC3)CC1. The number of piperidine rings is 1. The minimum absolute atomic E-state index is 0.0458. The van der Waals surface area contributed by atoms with E-state index in [4.69, 9.17) is 4.74 Å². The highest BCUT2D eigenvalue weighted by Crippen LogP contribution is 2.23. The maximum atomic E-state index is 12.6. The van der Waals surface area contributed by atoms with Crippen molar-refractivity contribution < 1.29 is 19.1 Å². The van der Waals surface area contributed by atoms with Crippen molar-refractivity contribution in [1.29, 1.82) is 0 Å². The number of esters is 1. The molecule has 0 aromatic heterocycles. The summed E-state index contributed by atoms with van der Waals surface area (Å²) in [7, 11) is 1.68. The molecule has 6 nitrogen and oxygen atoms in total. The Balaban J connectivity index is 1.47. The third kappa shape index (κ3) is 5.58. The molecule has 158 valence electrons. The first-order chi connectivity index (χ1) is 14.0. The summed E-state index contributed by atoms with van der Waals surface area (Å²) in [5.74, 6) is -0.400. The Morgan fingerprint density at radius 2 is 1.79 bits per heavy atom. The zero-order valence-corrected chi connectivity index (χ0v) is 17.6. The average Bonchev–Trinajstić information content (AvgIpc) is 2.73. The van der Waals surface area contributed by atoms with Crippen LogP contribution in [-0.4, -0.2) is 60.9 Å². The third-order valence-corrected chi connectivity index (χ3v) is 6.03. The van der Waals surface area contributed by atoms with Crippen LogP contribution in [0.2, 0.25) is 0 Å².